The van der Waals surface area contributed by atoms with E-state index in [9.17, 15) is 0 Å². The van der Waals surface area contributed by atoms with Crippen molar-refractivity contribution in [1.29, 1.82) is 0 Å². The average molecular weight is 437 g/mol. The molecule has 1 saturated heterocycles. The normalized spacial score (nSPS) is 22.1. The van der Waals surface area contributed by atoms with Crippen LogP contribution in [0.15, 0.2) is 60.8 Å². The second-order valence-corrected chi connectivity index (χ2v) is 8.97. The molecule has 2 atom stereocenters. The first kappa shape index (κ1) is 20.4. The van der Waals surface area contributed by atoms with E-state index in [4.69, 9.17) is 21.4 Å². The highest BCUT2D eigenvalue weighted by atomic mass is 35.5. The molecule has 2 aromatic carbocycles. The summed E-state index contributed by atoms with van der Waals surface area (Å²) in [7, 11) is 1.71. The summed E-state index contributed by atoms with van der Waals surface area (Å²) in [5.41, 5.74) is 3.43. The van der Waals surface area contributed by atoms with Crippen LogP contribution in [0.2, 0.25) is 5.02 Å². The van der Waals surface area contributed by atoms with Gasteiger partial charge in [-0.3, -0.25) is 9.58 Å². The molecule has 5 nitrogen and oxygen atoms in total. The Labute approximate surface area is 189 Å². The topological polar surface area (TPSA) is 33.5 Å². The SMILES string of the molecule is COc1ccc(N2CCN([C@H]3CC[C@H](n4ccc(-c5ccc(Cl)cc5)n4)C3)CC2)cc1. The highest BCUT2D eigenvalue weighted by Crippen LogP contribution is 2.34. The number of hydrogen-bond donors (Lipinski definition) is 0. The van der Waals surface area contributed by atoms with Crippen LogP contribution in [0.25, 0.3) is 11.3 Å². The number of aromatic nitrogens is 2. The summed E-state index contributed by atoms with van der Waals surface area (Å²) >= 11 is 6.02. The number of nitrogens with zero attached hydrogens (tertiary/aromatic N) is 4. The predicted octanol–water partition coefficient (Wildman–Crippen LogP) is 5.13. The Morgan fingerprint density at radius 3 is 2.29 bits per heavy atom. The first-order chi connectivity index (χ1) is 15.2. The molecule has 0 amide bonds. The molecule has 0 bridgehead atoms. The van der Waals surface area contributed by atoms with Gasteiger partial charge in [0.1, 0.15) is 5.75 Å². The Morgan fingerprint density at radius 2 is 1.58 bits per heavy atom. The Hall–Kier alpha value is -2.50. The monoisotopic (exact) mass is 436 g/mol. The van der Waals surface area contributed by atoms with Crippen molar-refractivity contribution >= 4 is 17.3 Å². The number of ether oxygens (including phenoxy) is 1. The van der Waals surface area contributed by atoms with Gasteiger partial charge < -0.3 is 9.64 Å². The molecular formula is C25H29ClN4O. The van der Waals surface area contributed by atoms with Crippen LogP contribution in [-0.4, -0.2) is 54.0 Å². The summed E-state index contributed by atoms with van der Waals surface area (Å²) < 4.78 is 7.46. The summed E-state index contributed by atoms with van der Waals surface area (Å²) in [6.45, 7) is 4.41. The van der Waals surface area contributed by atoms with Gasteiger partial charge in [0.05, 0.1) is 18.8 Å². The maximum atomic E-state index is 6.02. The van der Waals surface area contributed by atoms with E-state index < -0.39 is 0 Å². The maximum Gasteiger partial charge on any atom is 0.119 e. The Bertz CT molecular complexity index is 993. The van der Waals surface area contributed by atoms with Gasteiger partial charge in [0.15, 0.2) is 0 Å². The van der Waals surface area contributed by atoms with Gasteiger partial charge in [0.2, 0.25) is 0 Å². The molecule has 1 aliphatic carbocycles. The van der Waals surface area contributed by atoms with Crippen LogP contribution >= 0.6 is 11.6 Å². The number of rotatable bonds is 5. The summed E-state index contributed by atoms with van der Waals surface area (Å²) in [4.78, 5) is 5.16. The fourth-order valence-corrected chi connectivity index (χ4v) is 5.09. The van der Waals surface area contributed by atoms with Crippen molar-refractivity contribution in [1.82, 2.24) is 14.7 Å². The molecule has 1 saturated carbocycles. The van der Waals surface area contributed by atoms with Gasteiger partial charge in [-0.05, 0) is 61.7 Å². The van der Waals surface area contributed by atoms with E-state index in [2.05, 4.69) is 38.9 Å². The van der Waals surface area contributed by atoms with E-state index in [-0.39, 0.29) is 0 Å². The molecule has 1 aromatic heterocycles. The molecule has 2 aliphatic rings. The lowest BCUT2D eigenvalue weighted by molar-refractivity contribution is 0.183. The minimum absolute atomic E-state index is 0.491. The number of hydrogen-bond acceptors (Lipinski definition) is 4. The molecule has 0 radical (unpaired) electrons. The van der Waals surface area contributed by atoms with E-state index in [1.54, 1.807) is 7.11 Å². The minimum atomic E-state index is 0.491. The fraction of sp³-hybridized carbons (Fsp3) is 0.400. The van der Waals surface area contributed by atoms with Gasteiger partial charge in [0.25, 0.3) is 0 Å². The smallest absolute Gasteiger partial charge is 0.119 e. The molecule has 1 aliphatic heterocycles. The van der Waals surface area contributed by atoms with Crippen molar-refractivity contribution in [3.63, 3.8) is 0 Å². The van der Waals surface area contributed by atoms with Gasteiger partial charge in [-0.15, -0.1) is 0 Å². The molecular weight excluding hydrogens is 408 g/mol. The van der Waals surface area contributed by atoms with Crippen molar-refractivity contribution < 1.29 is 4.74 Å². The van der Waals surface area contributed by atoms with Crippen molar-refractivity contribution in [2.75, 3.05) is 38.2 Å². The Kier molecular flexibility index (Phi) is 5.88. The number of methoxy groups -OCH3 is 1. The third-order valence-electron chi connectivity index (χ3n) is 6.77. The quantitative estimate of drug-likeness (QED) is 0.555. The lowest BCUT2D eigenvalue weighted by Crippen LogP contribution is -2.49. The molecule has 5 rings (SSSR count). The van der Waals surface area contributed by atoms with Gasteiger partial charge in [-0.2, -0.15) is 5.10 Å². The highest BCUT2D eigenvalue weighted by molar-refractivity contribution is 6.30. The maximum absolute atomic E-state index is 6.02. The number of benzene rings is 2. The Morgan fingerprint density at radius 1 is 0.871 bits per heavy atom. The summed E-state index contributed by atoms with van der Waals surface area (Å²) in [6, 6.07) is 19.6. The predicted molar refractivity (Wildman–Crippen MR) is 126 cm³/mol. The zero-order chi connectivity index (χ0) is 21.2. The Balaban J connectivity index is 1.16. The van der Waals surface area contributed by atoms with Gasteiger partial charge in [0, 0.05) is 54.7 Å². The first-order valence-corrected chi connectivity index (χ1v) is 11.5. The molecule has 162 valence electrons. The summed E-state index contributed by atoms with van der Waals surface area (Å²) in [5.74, 6) is 0.914. The zero-order valence-electron chi connectivity index (χ0n) is 18.0. The summed E-state index contributed by atoms with van der Waals surface area (Å²) in [6.07, 6.45) is 5.78. The van der Waals surface area contributed by atoms with E-state index in [1.165, 1.54) is 24.9 Å². The van der Waals surface area contributed by atoms with Crippen LogP contribution < -0.4 is 9.64 Å². The number of halogens is 1. The second kappa shape index (κ2) is 8.93. The van der Waals surface area contributed by atoms with Crippen LogP contribution in [0.3, 0.4) is 0 Å². The zero-order valence-corrected chi connectivity index (χ0v) is 18.7. The minimum Gasteiger partial charge on any atom is -0.497 e. The second-order valence-electron chi connectivity index (χ2n) is 8.53. The van der Waals surface area contributed by atoms with Crippen molar-refractivity contribution in [2.45, 2.75) is 31.3 Å². The summed E-state index contributed by atoms with van der Waals surface area (Å²) in [5, 5.41) is 5.63. The van der Waals surface area contributed by atoms with E-state index >= 15 is 0 Å². The lowest BCUT2D eigenvalue weighted by Gasteiger charge is -2.39. The largest absolute Gasteiger partial charge is 0.497 e. The van der Waals surface area contributed by atoms with Crippen LogP contribution in [-0.2, 0) is 0 Å². The molecule has 3 aromatic rings. The van der Waals surface area contributed by atoms with Gasteiger partial charge in [-0.25, -0.2) is 0 Å². The van der Waals surface area contributed by atoms with Crippen LogP contribution in [0.1, 0.15) is 25.3 Å². The molecule has 31 heavy (non-hydrogen) atoms. The third kappa shape index (κ3) is 4.43. The molecule has 0 N–H and O–H groups in total. The molecule has 2 fully saturated rings. The van der Waals surface area contributed by atoms with Crippen LogP contribution in [0.5, 0.6) is 5.75 Å². The molecule has 2 heterocycles. The van der Waals surface area contributed by atoms with Crippen molar-refractivity contribution in [3.05, 3.63) is 65.8 Å². The molecule has 0 spiro atoms. The number of anilines is 1. The standard InChI is InChI=1S/C25H29ClN4O/c1-31-24-10-8-21(9-11-24)28-14-16-29(17-15-28)22-6-7-23(18-22)30-13-12-25(27-30)19-2-4-20(26)5-3-19/h2-5,8-13,22-23H,6-7,14-18H2,1H3/t22-,23-/m0/s1. The van der Waals surface area contributed by atoms with Crippen LogP contribution in [0, 0.1) is 0 Å². The average Bonchev–Trinajstić information content (AvgIpc) is 3.50. The van der Waals surface area contributed by atoms with Crippen molar-refractivity contribution in [3.8, 4) is 17.0 Å². The third-order valence-corrected chi connectivity index (χ3v) is 7.02. The van der Waals surface area contributed by atoms with Gasteiger partial charge >= 0.3 is 0 Å². The van der Waals surface area contributed by atoms with Crippen molar-refractivity contribution in [2.24, 2.45) is 0 Å². The first-order valence-electron chi connectivity index (χ1n) is 11.1. The van der Waals surface area contributed by atoms with Crippen LogP contribution in [0.4, 0.5) is 5.69 Å². The highest BCUT2D eigenvalue weighted by Gasteiger charge is 2.32. The van der Waals surface area contributed by atoms with E-state index in [1.807, 2.05) is 36.4 Å². The van der Waals surface area contributed by atoms with E-state index in [0.29, 0.717) is 12.1 Å². The van der Waals surface area contributed by atoms with Gasteiger partial charge in [-0.1, -0.05) is 23.7 Å². The number of piperazine rings is 1. The molecule has 0 unspecified atom stereocenters. The lowest BCUT2D eigenvalue weighted by atomic mass is 10.1. The fourth-order valence-electron chi connectivity index (χ4n) is 4.96. The molecule has 6 heteroatoms. The van der Waals surface area contributed by atoms with E-state index in [0.717, 1.165) is 48.2 Å².